The Kier molecular flexibility index (Phi) is 7.44. The Morgan fingerprint density at radius 3 is 2.69 bits per heavy atom. The summed E-state index contributed by atoms with van der Waals surface area (Å²) >= 11 is 2.16. The highest BCUT2D eigenvalue weighted by Crippen LogP contribution is 2.23. The van der Waals surface area contributed by atoms with Crippen LogP contribution in [0.25, 0.3) is 0 Å². The highest BCUT2D eigenvalue weighted by Gasteiger charge is 2.06. The molecule has 0 aliphatic rings. The molecule has 2 aromatic rings. The van der Waals surface area contributed by atoms with Crippen molar-refractivity contribution in [3.05, 3.63) is 56.7 Å². The standard InChI is InChI=1S/C20H23IN2O3/c1-4-13(2)15-5-7-18(8-6-15)26-12-19(24)23-22-11-16-10-17(21)9-14(3)20(16)25/h5-11,13,25H,4,12H2,1-3H3,(H,23,24)/b22-11+. The molecule has 2 aromatic carbocycles. The number of carbonyl (C=O) groups excluding carboxylic acids is 1. The van der Waals surface area contributed by atoms with E-state index in [1.54, 1.807) is 6.07 Å². The van der Waals surface area contributed by atoms with Gasteiger partial charge in [-0.25, -0.2) is 5.43 Å². The number of halogens is 1. The normalized spacial score (nSPS) is 12.2. The minimum atomic E-state index is -0.367. The van der Waals surface area contributed by atoms with Gasteiger partial charge in [-0.1, -0.05) is 26.0 Å². The number of hydrazone groups is 1. The molecule has 0 aromatic heterocycles. The third kappa shape index (κ3) is 5.72. The summed E-state index contributed by atoms with van der Waals surface area (Å²) in [5.74, 6) is 0.931. The molecule has 0 bridgehead atoms. The number of aryl methyl sites for hydroxylation is 1. The van der Waals surface area contributed by atoms with Gasteiger partial charge in [0.2, 0.25) is 0 Å². The lowest BCUT2D eigenvalue weighted by atomic mass is 9.99. The van der Waals surface area contributed by atoms with Crippen molar-refractivity contribution in [3.63, 3.8) is 0 Å². The molecule has 0 aliphatic carbocycles. The van der Waals surface area contributed by atoms with E-state index in [1.807, 2.05) is 37.3 Å². The number of hydrogen-bond donors (Lipinski definition) is 2. The molecule has 0 spiro atoms. The zero-order valence-corrected chi connectivity index (χ0v) is 17.3. The van der Waals surface area contributed by atoms with Crippen LogP contribution in [-0.4, -0.2) is 23.8 Å². The second-order valence-electron chi connectivity index (χ2n) is 6.12. The van der Waals surface area contributed by atoms with Crippen LogP contribution in [0.2, 0.25) is 0 Å². The van der Waals surface area contributed by atoms with Crippen molar-refractivity contribution >= 4 is 34.7 Å². The van der Waals surface area contributed by atoms with Gasteiger partial charge in [-0.15, -0.1) is 0 Å². The first-order valence-electron chi connectivity index (χ1n) is 8.44. The molecule has 0 saturated carbocycles. The van der Waals surface area contributed by atoms with Gasteiger partial charge in [0.15, 0.2) is 6.61 Å². The summed E-state index contributed by atoms with van der Waals surface area (Å²) in [6, 6.07) is 11.4. The highest BCUT2D eigenvalue weighted by atomic mass is 127. The molecule has 5 nitrogen and oxygen atoms in total. The lowest BCUT2D eigenvalue weighted by Crippen LogP contribution is -2.24. The van der Waals surface area contributed by atoms with Gasteiger partial charge >= 0.3 is 0 Å². The fraction of sp³-hybridized carbons (Fsp3) is 0.300. The first-order chi connectivity index (χ1) is 12.4. The van der Waals surface area contributed by atoms with E-state index in [-0.39, 0.29) is 18.3 Å². The van der Waals surface area contributed by atoms with E-state index in [9.17, 15) is 9.90 Å². The van der Waals surface area contributed by atoms with E-state index in [4.69, 9.17) is 4.74 Å². The van der Waals surface area contributed by atoms with Crippen LogP contribution in [0, 0.1) is 10.5 Å². The maximum atomic E-state index is 11.8. The topological polar surface area (TPSA) is 70.9 Å². The van der Waals surface area contributed by atoms with E-state index in [0.717, 1.165) is 15.6 Å². The summed E-state index contributed by atoms with van der Waals surface area (Å²) in [5.41, 5.74) is 4.96. The van der Waals surface area contributed by atoms with Crippen LogP contribution in [0.5, 0.6) is 11.5 Å². The lowest BCUT2D eigenvalue weighted by Gasteiger charge is -2.10. The molecule has 0 saturated heterocycles. The summed E-state index contributed by atoms with van der Waals surface area (Å²) < 4.78 is 6.45. The fourth-order valence-electron chi connectivity index (χ4n) is 2.34. The number of ether oxygens (including phenoxy) is 1. The molecular weight excluding hydrogens is 443 g/mol. The van der Waals surface area contributed by atoms with Crippen molar-refractivity contribution in [2.24, 2.45) is 5.10 Å². The third-order valence-electron chi connectivity index (χ3n) is 4.12. The Hall–Kier alpha value is -2.09. The minimum absolute atomic E-state index is 0.128. The number of hydrogen-bond acceptors (Lipinski definition) is 4. The molecule has 0 radical (unpaired) electrons. The number of phenolic OH excluding ortho intramolecular Hbond substituents is 1. The molecule has 1 amide bonds. The molecule has 6 heteroatoms. The molecule has 1 unspecified atom stereocenters. The number of nitrogens with zero attached hydrogens (tertiary/aromatic N) is 1. The molecule has 1 atom stereocenters. The van der Waals surface area contributed by atoms with Crippen LogP contribution in [-0.2, 0) is 4.79 Å². The predicted octanol–water partition coefficient (Wildman–Crippen LogP) is 4.35. The molecular formula is C20H23IN2O3. The predicted molar refractivity (Wildman–Crippen MR) is 112 cm³/mol. The van der Waals surface area contributed by atoms with Gasteiger partial charge in [-0.05, 0) is 77.2 Å². The summed E-state index contributed by atoms with van der Waals surface area (Å²) in [6.45, 7) is 6.01. The van der Waals surface area contributed by atoms with Crippen LogP contribution in [0.4, 0.5) is 0 Å². The van der Waals surface area contributed by atoms with Gasteiger partial charge in [-0.3, -0.25) is 4.79 Å². The quantitative estimate of drug-likeness (QED) is 0.362. The number of rotatable bonds is 7. The summed E-state index contributed by atoms with van der Waals surface area (Å²) in [6.07, 6.45) is 2.50. The van der Waals surface area contributed by atoms with Crippen LogP contribution >= 0.6 is 22.6 Å². The lowest BCUT2D eigenvalue weighted by molar-refractivity contribution is -0.123. The average molecular weight is 466 g/mol. The van der Waals surface area contributed by atoms with Gasteiger partial charge in [0.25, 0.3) is 5.91 Å². The molecule has 26 heavy (non-hydrogen) atoms. The SMILES string of the molecule is CCC(C)c1ccc(OCC(=O)N/N=C/c2cc(I)cc(C)c2O)cc1. The second-order valence-corrected chi connectivity index (χ2v) is 7.37. The maximum absolute atomic E-state index is 11.8. The van der Waals surface area contributed by atoms with Gasteiger partial charge in [-0.2, -0.15) is 5.10 Å². The van der Waals surface area contributed by atoms with Crippen LogP contribution in [0.1, 0.15) is 42.9 Å². The van der Waals surface area contributed by atoms with Crippen molar-refractivity contribution in [2.75, 3.05) is 6.61 Å². The first kappa shape index (κ1) is 20.2. The van der Waals surface area contributed by atoms with E-state index in [0.29, 0.717) is 17.2 Å². The van der Waals surface area contributed by atoms with Gasteiger partial charge < -0.3 is 9.84 Å². The van der Waals surface area contributed by atoms with E-state index < -0.39 is 0 Å². The van der Waals surface area contributed by atoms with E-state index >= 15 is 0 Å². The van der Waals surface area contributed by atoms with Crippen molar-refractivity contribution in [3.8, 4) is 11.5 Å². The Balaban J connectivity index is 1.86. The Labute approximate surface area is 167 Å². The minimum Gasteiger partial charge on any atom is -0.507 e. The van der Waals surface area contributed by atoms with Crippen LogP contribution in [0.15, 0.2) is 41.5 Å². The number of amides is 1. The summed E-state index contributed by atoms with van der Waals surface area (Å²) in [7, 11) is 0. The van der Waals surface area contributed by atoms with Crippen LogP contribution in [0.3, 0.4) is 0 Å². The van der Waals surface area contributed by atoms with E-state index in [1.165, 1.54) is 11.8 Å². The van der Waals surface area contributed by atoms with Gasteiger partial charge in [0.05, 0.1) is 6.21 Å². The third-order valence-corrected chi connectivity index (χ3v) is 4.74. The summed E-state index contributed by atoms with van der Waals surface area (Å²) in [5, 5.41) is 13.9. The number of aromatic hydroxyl groups is 1. The Morgan fingerprint density at radius 2 is 2.04 bits per heavy atom. The first-order valence-corrected chi connectivity index (χ1v) is 9.52. The van der Waals surface area contributed by atoms with Crippen molar-refractivity contribution in [2.45, 2.75) is 33.1 Å². The fourth-order valence-corrected chi connectivity index (χ4v) is 3.15. The van der Waals surface area contributed by atoms with Crippen molar-refractivity contribution in [1.29, 1.82) is 0 Å². The van der Waals surface area contributed by atoms with Crippen molar-refractivity contribution < 1.29 is 14.6 Å². The maximum Gasteiger partial charge on any atom is 0.277 e. The molecule has 2 N–H and O–H groups in total. The van der Waals surface area contributed by atoms with Crippen molar-refractivity contribution in [1.82, 2.24) is 5.43 Å². The Morgan fingerprint density at radius 1 is 1.35 bits per heavy atom. The smallest absolute Gasteiger partial charge is 0.277 e. The largest absolute Gasteiger partial charge is 0.507 e. The second kappa shape index (κ2) is 9.56. The van der Waals surface area contributed by atoms with Gasteiger partial charge in [0.1, 0.15) is 11.5 Å². The number of nitrogens with one attached hydrogen (secondary N) is 1. The molecule has 2 rings (SSSR count). The Bertz CT molecular complexity index is 788. The average Bonchev–Trinajstić information content (AvgIpc) is 2.63. The monoisotopic (exact) mass is 466 g/mol. The molecule has 0 fully saturated rings. The zero-order chi connectivity index (χ0) is 19.1. The van der Waals surface area contributed by atoms with E-state index in [2.05, 4.69) is 47.0 Å². The zero-order valence-electron chi connectivity index (χ0n) is 15.1. The van der Waals surface area contributed by atoms with Gasteiger partial charge in [0, 0.05) is 9.13 Å². The number of phenols is 1. The van der Waals surface area contributed by atoms with Crippen LogP contribution < -0.4 is 10.2 Å². The highest BCUT2D eigenvalue weighted by molar-refractivity contribution is 14.1. The summed E-state index contributed by atoms with van der Waals surface area (Å²) in [4.78, 5) is 11.8. The number of carbonyl (C=O) groups is 1. The molecule has 0 heterocycles. The molecule has 0 aliphatic heterocycles. The molecule has 138 valence electrons. The number of benzene rings is 2.